The molecule has 4 aromatic rings. The molecule has 0 spiro atoms. The molecule has 2 heterocycles. The maximum atomic E-state index is 12.5. The number of ether oxygens (including phenoxy) is 2. The molecule has 0 fully saturated rings. The van der Waals surface area contributed by atoms with Gasteiger partial charge in [0.15, 0.2) is 5.76 Å². The van der Waals surface area contributed by atoms with Gasteiger partial charge in [-0.05, 0) is 42.3 Å². The summed E-state index contributed by atoms with van der Waals surface area (Å²) in [6, 6.07) is 18.6. The lowest BCUT2D eigenvalue weighted by molar-refractivity contribution is 0.0991. The van der Waals surface area contributed by atoms with Crippen LogP contribution in [0.15, 0.2) is 71.4 Å². The minimum atomic E-state index is -0.429. The van der Waals surface area contributed by atoms with Crippen LogP contribution in [0.1, 0.15) is 27.4 Å². The number of carbonyl (C=O) groups excluding carboxylic acids is 1. The Morgan fingerprint density at radius 1 is 1.10 bits per heavy atom. The molecule has 2 aromatic carbocycles. The van der Waals surface area contributed by atoms with E-state index in [9.17, 15) is 4.79 Å². The Morgan fingerprint density at radius 2 is 1.94 bits per heavy atom. The van der Waals surface area contributed by atoms with E-state index in [1.165, 1.54) is 5.56 Å². The summed E-state index contributed by atoms with van der Waals surface area (Å²) >= 11 is 0. The Balaban J connectivity index is 1.34. The van der Waals surface area contributed by atoms with E-state index >= 15 is 0 Å². The predicted molar refractivity (Wildman–Crippen MR) is 114 cm³/mol. The Morgan fingerprint density at radius 3 is 2.77 bits per heavy atom. The third-order valence-corrected chi connectivity index (χ3v) is 4.66. The molecule has 2 aromatic heterocycles. The van der Waals surface area contributed by atoms with Crippen LogP contribution in [-0.2, 0) is 13.2 Å². The summed E-state index contributed by atoms with van der Waals surface area (Å²) < 4.78 is 18.1. The van der Waals surface area contributed by atoms with Gasteiger partial charge in [0.1, 0.15) is 30.2 Å². The van der Waals surface area contributed by atoms with E-state index in [1.54, 1.807) is 36.3 Å². The monoisotopic (exact) mass is 418 g/mol. The van der Waals surface area contributed by atoms with Crippen molar-refractivity contribution in [1.29, 1.82) is 0 Å². The number of furan rings is 1. The zero-order chi connectivity index (χ0) is 21.6. The topological polar surface area (TPSA) is 91.4 Å². The molecule has 8 heteroatoms. The SMILES string of the molecule is COc1cccc(OCc2ccc(C(=O)Nc3ncn(Cc4ccccc4C)n3)o2)c1. The smallest absolute Gasteiger partial charge is 0.293 e. The lowest BCUT2D eigenvalue weighted by Crippen LogP contribution is -2.12. The van der Waals surface area contributed by atoms with Crippen molar-refractivity contribution in [2.24, 2.45) is 0 Å². The third-order valence-electron chi connectivity index (χ3n) is 4.66. The highest BCUT2D eigenvalue weighted by atomic mass is 16.5. The molecule has 8 nitrogen and oxygen atoms in total. The molecule has 0 radical (unpaired) electrons. The van der Waals surface area contributed by atoms with Gasteiger partial charge < -0.3 is 13.9 Å². The minimum Gasteiger partial charge on any atom is -0.497 e. The zero-order valence-electron chi connectivity index (χ0n) is 17.2. The van der Waals surface area contributed by atoms with Crippen molar-refractivity contribution in [2.45, 2.75) is 20.1 Å². The summed E-state index contributed by atoms with van der Waals surface area (Å²) in [6.45, 7) is 2.80. The van der Waals surface area contributed by atoms with Crippen LogP contribution in [0.2, 0.25) is 0 Å². The molecule has 0 bridgehead atoms. The normalized spacial score (nSPS) is 10.6. The summed E-state index contributed by atoms with van der Waals surface area (Å²) in [4.78, 5) is 16.6. The number of hydrogen-bond donors (Lipinski definition) is 1. The first-order chi connectivity index (χ1) is 15.1. The van der Waals surface area contributed by atoms with Crippen molar-refractivity contribution in [3.05, 3.63) is 89.6 Å². The molecule has 0 unspecified atom stereocenters. The summed E-state index contributed by atoms with van der Waals surface area (Å²) in [7, 11) is 1.59. The Kier molecular flexibility index (Phi) is 5.98. The number of carbonyl (C=O) groups is 1. The van der Waals surface area contributed by atoms with Crippen molar-refractivity contribution >= 4 is 11.9 Å². The first-order valence-corrected chi connectivity index (χ1v) is 9.71. The van der Waals surface area contributed by atoms with Gasteiger partial charge in [0, 0.05) is 6.07 Å². The van der Waals surface area contributed by atoms with Crippen molar-refractivity contribution < 1.29 is 18.7 Å². The van der Waals surface area contributed by atoms with Crippen molar-refractivity contribution in [1.82, 2.24) is 14.8 Å². The highest BCUT2D eigenvalue weighted by Gasteiger charge is 2.14. The molecule has 1 N–H and O–H groups in total. The van der Waals surface area contributed by atoms with E-state index in [-0.39, 0.29) is 18.3 Å². The Hall–Kier alpha value is -4.07. The fourth-order valence-corrected chi connectivity index (χ4v) is 2.98. The average Bonchev–Trinajstić information content (AvgIpc) is 3.44. The summed E-state index contributed by atoms with van der Waals surface area (Å²) in [5, 5.41) is 6.95. The van der Waals surface area contributed by atoms with Gasteiger partial charge in [-0.25, -0.2) is 9.67 Å². The first-order valence-electron chi connectivity index (χ1n) is 9.71. The van der Waals surface area contributed by atoms with Crippen molar-refractivity contribution in [3.63, 3.8) is 0 Å². The number of hydrogen-bond acceptors (Lipinski definition) is 6. The molecular formula is C23H22N4O4. The van der Waals surface area contributed by atoms with Crippen LogP contribution >= 0.6 is 0 Å². The molecule has 0 saturated carbocycles. The van der Waals surface area contributed by atoms with Crippen LogP contribution in [0.4, 0.5) is 5.95 Å². The molecule has 158 valence electrons. The Bertz CT molecular complexity index is 1180. The third kappa shape index (κ3) is 5.11. The van der Waals surface area contributed by atoms with Crippen LogP contribution in [-0.4, -0.2) is 27.8 Å². The molecule has 1 amide bonds. The van der Waals surface area contributed by atoms with Crippen LogP contribution in [0.3, 0.4) is 0 Å². The fraction of sp³-hybridized carbons (Fsp3) is 0.174. The molecule has 0 saturated heterocycles. The largest absolute Gasteiger partial charge is 0.497 e. The number of benzene rings is 2. The van der Waals surface area contributed by atoms with Gasteiger partial charge in [0.2, 0.25) is 5.95 Å². The van der Waals surface area contributed by atoms with E-state index in [0.29, 0.717) is 23.8 Å². The molecule has 0 aliphatic rings. The highest BCUT2D eigenvalue weighted by molar-refractivity contribution is 6.01. The van der Waals surface area contributed by atoms with Crippen LogP contribution in [0, 0.1) is 6.92 Å². The maximum Gasteiger partial charge on any atom is 0.293 e. The predicted octanol–water partition coefficient (Wildman–Crippen LogP) is 4.07. The minimum absolute atomic E-state index is 0.152. The summed E-state index contributed by atoms with van der Waals surface area (Å²) in [5.41, 5.74) is 2.31. The molecule has 31 heavy (non-hydrogen) atoms. The van der Waals surface area contributed by atoms with Gasteiger partial charge in [-0.1, -0.05) is 30.3 Å². The number of nitrogens with one attached hydrogen (secondary N) is 1. The number of aryl methyl sites for hydroxylation is 1. The van der Waals surface area contributed by atoms with Gasteiger partial charge in [-0.15, -0.1) is 5.10 Å². The quantitative estimate of drug-likeness (QED) is 0.464. The average molecular weight is 418 g/mol. The van der Waals surface area contributed by atoms with Crippen LogP contribution in [0.5, 0.6) is 11.5 Å². The van der Waals surface area contributed by atoms with Gasteiger partial charge in [0.25, 0.3) is 5.91 Å². The zero-order valence-corrected chi connectivity index (χ0v) is 17.2. The van der Waals surface area contributed by atoms with E-state index in [1.807, 2.05) is 49.4 Å². The number of nitrogens with zero attached hydrogens (tertiary/aromatic N) is 3. The van der Waals surface area contributed by atoms with Crippen LogP contribution in [0.25, 0.3) is 0 Å². The number of anilines is 1. The highest BCUT2D eigenvalue weighted by Crippen LogP contribution is 2.20. The van der Waals surface area contributed by atoms with Gasteiger partial charge in [-0.2, -0.15) is 0 Å². The standard InChI is InChI=1S/C23H22N4O4/c1-16-6-3-4-7-17(16)13-27-15-24-23(26-27)25-22(28)21-11-10-20(31-21)14-30-19-9-5-8-18(12-19)29-2/h3-12,15H,13-14H2,1-2H3,(H,25,26,28). The molecule has 0 aliphatic carbocycles. The van der Waals surface area contributed by atoms with E-state index in [2.05, 4.69) is 15.4 Å². The maximum absolute atomic E-state index is 12.5. The lowest BCUT2D eigenvalue weighted by Gasteiger charge is -2.06. The van der Waals surface area contributed by atoms with Crippen LogP contribution < -0.4 is 14.8 Å². The van der Waals surface area contributed by atoms with E-state index in [0.717, 1.165) is 5.56 Å². The van der Waals surface area contributed by atoms with Crippen molar-refractivity contribution in [3.8, 4) is 11.5 Å². The van der Waals surface area contributed by atoms with E-state index in [4.69, 9.17) is 13.9 Å². The molecule has 4 rings (SSSR count). The number of methoxy groups -OCH3 is 1. The molecular weight excluding hydrogens is 396 g/mol. The molecule has 0 aliphatic heterocycles. The second kappa shape index (κ2) is 9.17. The fourth-order valence-electron chi connectivity index (χ4n) is 2.98. The number of rotatable bonds is 8. The first kappa shape index (κ1) is 20.2. The molecule has 0 atom stereocenters. The van der Waals surface area contributed by atoms with E-state index < -0.39 is 5.91 Å². The lowest BCUT2D eigenvalue weighted by atomic mass is 10.1. The van der Waals surface area contributed by atoms with Gasteiger partial charge in [0.05, 0.1) is 13.7 Å². The second-order valence-corrected chi connectivity index (χ2v) is 6.88. The van der Waals surface area contributed by atoms with Crippen molar-refractivity contribution in [2.75, 3.05) is 12.4 Å². The number of amides is 1. The second-order valence-electron chi connectivity index (χ2n) is 6.88. The summed E-state index contributed by atoms with van der Waals surface area (Å²) in [6.07, 6.45) is 1.58. The summed E-state index contributed by atoms with van der Waals surface area (Å²) in [5.74, 6) is 1.80. The number of aromatic nitrogens is 3. The van der Waals surface area contributed by atoms with Gasteiger partial charge in [-0.3, -0.25) is 10.1 Å². The van der Waals surface area contributed by atoms with Gasteiger partial charge >= 0.3 is 0 Å². The Labute approximate surface area is 179 Å².